The van der Waals surface area contributed by atoms with Crippen molar-refractivity contribution in [2.24, 2.45) is 0 Å². The zero-order valence-corrected chi connectivity index (χ0v) is 16.1. The summed E-state index contributed by atoms with van der Waals surface area (Å²) >= 11 is 0. The predicted molar refractivity (Wildman–Crippen MR) is 103 cm³/mol. The van der Waals surface area contributed by atoms with E-state index in [0.717, 1.165) is 23.4 Å². The van der Waals surface area contributed by atoms with Crippen molar-refractivity contribution in [3.63, 3.8) is 0 Å². The summed E-state index contributed by atoms with van der Waals surface area (Å²) in [5.74, 6) is 1.38. The van der Waals surface area contributed by atoms with E-state index in [1.165, 1.54) is 11.1 Å². The van der Waals surface area contributed by atoms with Gasteiger partial charge in [0.15, 0.2) is 18.0 Å². The van der Waals surface area contributed by atoms with Gasteiger partial charge in [-0.2, -0.15) is 0 Å². The third-order valence-corrected chi connectivity index (χ3v) is 4.34. The summed E-state index contributed by atoms with van der Waals surface area (Å²) in [6, 6.07) is 14.2. The van der Waals surface area contributed by atoms with Crippen LogP contribution in [0.5, 0.6) is 11.5 Å². The molecular weight excluding hydrogens is 328 g/mol. The Morgan fingerprint density at radius 2 is 1.58 bits per heavy atom. The lowest BCUT2D eigenvalue weighted by Crippen LogP contribution is -3.08. The smallest absolute Gasteiger partial charge is 0.275 e. The van der Waals surface area contributed by atoms with Gasteiger partial charge in [-0.25, -0.2) is 0 Å². The normalized spacial score (nSPS) is 11.7. The van der Waals surface area contributed by atoms with Crippen LogP contribution in [0.1, 0.15) is 23.6 Å². The lowest BCUT2D eigenvalue weighted by atomic mass is 10.1. The molecule has 0 heterocycles. The Bertz CT molecular complexity index is 714. The molecule has 1 atom stereocenters. The van der Waals surface area contributed by atoms with Gasteiger partial charge in [0.05, 0.1) is 21.3 Å². The SMILES string of the molecule is CCc1ccc(C[NH+](C)CC(=O)NCc2ccc(OC)c(OC)c2)cc1. The summed E-state index contributed by atoms with van der Waals surface area (Å²) in [4.78, 5) is 13.4. The number of methoxy groups -OCH3 is 2. The van der Waals surface area contributed by atoms with E-state index in [9.17, 15) is 4.79 Å². The minimum absolute atomic E-state index is 0.0301. The van der Waals surface area contributed by atoms with Crippen LogP contribution in [0.2, 0.25) is 0 Å². The fourth-order valence-electron chi connectivity index (χ4n) is 2.83. The van der Waals surface area contributed by atoms with Gasteiger partial charge in [-0.1, -0.05) is 37.3 Å². The Balaban J connectivity index is 1.82. The molecular formula is C21H29N2O3+. The number of benzene rings is 2. The van der Waals surface area contributed by atoms with Gasteiger partial charge in [-0.3, -0.25) is 4.79 Å². The molecule has 0 aromatic heterocycles. The zero-order valence-electron chi connectivity index (χ0n) is 16.1. The van der Waals surface area contributed by atoms with E-state index in [4.69, 9.17) is 9.47 Å². The van der Waals surface area contributed by atoms with Crippen LogP contribution in [-0.4, -0.2) is 33.7 Å². The maximum atomic E-state index is 12.2. The van der Waals surface area contributed by atoms with E-state index in [1.807, 2.05) is 25.2 Å². The Labute approximate surface area is 155 Å². The fraction of sp³-hybridized carbons (Fsp3) is 0.381. The summed E-state index contributed by atoms with van der Waals surface area (Å²) in [5, 5.41) is 2.97. The number of quaternary nitrogens is 1. The summed E-state index contributed by atoms with van der Waals surface area (Å²) < 4.78 is 10.5. The van der Waals surface area contributed by atoms with Gasteiger partial charge in [0.1, 0.15) is 6.54 Å². The van der Waals surface area contributed by atoms with Crippen molar-refractivity contribution in [1.82, 2.24) is 5.32 Å². The highest BCUT2D eigenvalue weighted by Crippen LogP contribution is 2.27. The van der Waals surface area contributed by atoms with Crippen LogP contribution in [-0.2, 0) is 24.3 Å². The molecule has 140 valence electrons. The number of carbonyl (C=O) groups is 1. The molecule has 0 aliphatic rings. The molecule has 2 rings (SSSR count). The quantitative estimate of drug-likeness (QED) is 0.717. The van der Waals surface area contributed by atoms with E-state index in [0.29, 0.717) is 24.6 Å². The van der Waals surface area contributed by atoms with Crippen molar-refractivity contribution in [3.05, 3.63) is 59.2 Å². The highest BCUT2D eigenvalue weighted by atomic mass is 16.5. The van der Waals surface area contributed by atoms with Crippen LogP contribution in [0.4, 0.5) is 0 Å². The lowest BCUT2D eigenvalue weighted by molar-refractivity contribution is -0.885. The van der Waals surface area contributed by atoms with Gasteiger partial charge < -0.3 is 19.7 Å². The summed E-state index contributed by atoms with van der Waals surface area (Å²) in [5.41, 5.74) is 3.55. The third-order valence-electron chi connectivity index (χ3n) is 4.34. The molecule has 0 radical (unpaired) electrons. The average Bonchev–Trinajstić information content (AvgIpc) is 2.66. The molecule has 1 amide bonds. The number of nitrogens with one attached hydrogen (secondary N) is 2. The van der Waals surface area contributed by atoms with Gasteiger partial charge in [0.2, 0.25) is 0 Å². The standard InChI is InChI=1S/C21H28N2O3/c1-5-16-6-8-17(9-7-16)14-23(2)15-21(24)22-13-18-10-11-19(25-3)20(12-18)26-4/h6-12H,5,13-15H2,1-4H3,(H,22,24)/p+1. The van der Waals surface area contributed by atoms with Gasteiger partial charge >= 0.3 is 0 Å². The molecule has 0 bridgehead atoms. The first-order valence-corrected chi connectivity index (χ1v) is 8.92. The van der Waals surface area contributed by atoms with Crippen molar-refractivity contribution in [1.29, 1.82) is 0 Å². The first-order chi connectivity index (χ1) is 12.5. The predicted octanol–water partition coefficient (Wildman–Crippen LogP) is 1.60. The first kappa shape index (κ1) is 19.8. The molecule has 2 aromatic rings. The second-order valence-electron chi connectivity index (χ2n) is 6.45. The third kappa shape index (κ3) is 5.77. The summed E-state index contributed by atoms with van der Waals surface area (Å²) in [6.45, 7) is 3.88. The Morgan fingerprint density at radius 3 is 2.19 bits per heavy atom. The molecule has 26 heavy (non-hydrogen) atoms. The van der Waals surface area contributed by atoms with E-state index in [-0.39, 0.29) is 5.91 Å². The van der Waals surface area contributed by atoms with Gasteiger partial charge in [0.25, 0.3) is 5.91 Å². The van der Waals surface area contributed by atoms with Crippen LogP contribution in [0, 0.1) is 0 Å². The van der Waals surface area contributed by atoms with Crippen LogP contribution in [0.3, 0.4) is 0 Å². The van der Waals surface area contributed by atoms with Crippen LogP contribution >= 0.6 is 0 Å². The topological polar surface area (TPSA) is 52.0 Å². The van der Waals surface area contributed by atoms with Gasteiger partial charge in [-0.15, -0.1) is 0 Å². The number of likely N-dealkylation sites (N-methyl/N-ethyl adjacent to an activating group) is 1. The molecule has 0 saturated heterocycles. The highest BCUT2D eigenvalue weighted by molar-refractivity contribution is 5.76. The Kier molecular flexibility index (Phi) is 7.48. The van der Waals surface area contributed by atoms with E-state index in [1.54, 1.807) is 14.2 Å². The van der Waals surface area contributed by atoms with Crippen molar-refractivity contribution in [3.8, 4) is 11.5 Å². The van der Waals surface area contributed by atoms with E-state index >= 15 is 0 Å². The highest BCUT2D eigenvalue weighted by Gasteiger charge is 2.11. The molecule has 0 spiro atoms. The molecule has 5 heteroatoms. The first-order valence-electron chi connectivity index (χ1n) is 8.92. The van der Waals surface area contributed by atoms with Crippen molar-refractivity contribution in [2.45, 2.75) is 26.4 Å². The second kappa shape index (κ2) is 9.82. The second-order valence-corrected chi connectivity index (χ2v) is 6.45. The Morgan fingerprint density at radius 1 is 0.962 bits per heavy atom. The molecule has 0 saturated carbocycles. The van der Waals surface area contributed by atoms with Crippen LogP contribution < -0.4 is 19.7 Å². The van der Waals surface area contributed by atoms with Gasteiger partial charge in [0, 0.05) is 12.1 Å². The molecule has 5 nitrogen and oxygen atoms in total. The van der Waals surface area contributed by atoms with Crippen molar-refractivity contribution < 1.29 is 19.2 Å². The number of rotatable bonds is 9. The molecule has 2 aromatic carbocycles. The number of ether oxygens (including phenoxy) is 2. The Hall–Kier alpha value is -2.53. The monoisotopic (exact) mass is 357 g/mol. The molecule has 2 N–H and O–H groups in total. The maximum absolute atomic E-state index is 12.2. The number of hydrogen-bond acceptors (Lipinski definition) is 3. The van der Waals surface area contributed by atoms with E-state index < -0.39 is 0 Å². The van der Waals surface area contributed by atoms with Crippen LogP contribution in [0.15, 0.2) is 42.5 Å². The number of amides is 1. The number of carbonyl (C=O) groups excluding carboxylic acids is 1. The van der Waals surface area contributed by atoms with Crippen molar-refractivity contribution in [2.75, 3.05) is 27.8 Å². The fourth-order valence-corrected chi connectivity index (χ4v) is 2.83. The van der Waals surface area contributed by atoms with Crippen molar-refractivity contribution >= 4 is 5.91 Å². The molecule has 0 aliphatic carbocycles. The summed E-state index contributed by atoms with van der Waals surface area (Å²) in [7, 11) is 5.24. The lowest BCUT2D eigenvalue weighted by Gasteiger charge is -2.15. The van der Waals surface area contributed by atoms with Crippen LogP contribution in [0.25, 0.3) is 0 Å². The van der Waals surface area contributed by atoms with E-state index in [2.05, 4.69) is 36.5 Å². The molecule has 0 fully saturated rings. The maximum Gasteiger partial charge on any atom is 0.275 e. The summed E-state index contributed by atoms with van der Waals surface area (Å²) in [6.07, 6.45) is 1.04. The van der Waals surface area contributed by atoms with Gasteiger partial charge in [-0.05, 0) is 29.7 Å². The number of hydrogen-bond donors (Lipinski definition) is 2. The number of aryl methyl sites for hydroxylation is 1. The zero-order chi connectivity index (χ0) is 18.9. The minimum Gasteiger partial charge on any atom is -0.493 e. The largest absolute Gasteiger partial charge is 0.493 e. The molecule has 1 unspecified atom stereocenters. The minimum atomic E-state index is 0.0301. The molecule has 0 aliphatic heterocycles. The average molecular weight is 357 g/mol.